The second-order valence-corrected chi connectivity index (χ2v) is 5.14. The number of carbonyl (C=O) groups is 1. The molecule has 0 spiro atoms. The van der Waals surface area contributed by atoms with E-state index >= 15 is 0 Å². The van der Waals surface area contributed by atoms with E-state index in [0.29, 0.717) is 19.4 Å². The van der Waals surface area contributed by atoms with E-state index in [0.717, 1.165) is 0 Å². The van der Waals surface area contributed by atoms with Crippen LogP contribution in [0, 0.1) is 22.2 Å². The lowest BCUT2D eigenvalue weighted by atomic mass is 9.82. The van der Waals surface area contributed by atoms with E-state index < -0.39 is 5.41 Å². The zero-order valence-electron chi connectivity index (χ0n) is 10.5. The van der Waals surface area contributed by atoms with Crippen molar-refractivity contribution in [2.24, 2.45) is 10.8 Å². The van der Waals surface area contributed by atoms with Crippen LogP contribution in [0.1, 0.15) is 47.5 Å². The summed E-state index contributed by atoms with van der Waals surface area (Å²) in [7, 11) is 0. The minimum absolute atomic E-state index is 0.0539. The van der Waals surface area contributed by atoms with Gasteiger partial charge in [0.15, 0.2) is 0 Å². The summed E-state index contributed by atoms with van der Waals surface area (Å²) in [6, 6.07) is 2.14. The second-order valence-electron chi connectivity index (χ2n) is 5.14. The number of nitrogens with one attached hydrogen (secondary N) is 1. The van der Waals surface area contributed by atoms with Crippen molar-refractivity contribution in [2.45, 2.75) is 47.5 Å². The van der Waals surface area contributed by atoms with Crippen molar-refractivity contribution in [1.82, 2.24) is 5.32 Å². The van der Waals surface area contributed by atoms with Crippen LogP contribution in [0.3, 0.4) is 0 Å². The third-order valence-corrected chi connectivity index (χ3v) is 2.64. The smallest absolute Gasteiger partial charge is 0.240 e. The Kier molecular flexibility index (Phi) is 4.80. The minimum Gasteiger partial charge on any atom is -0.354 e. The van der Waals surface area contributed by atoms with Crippen LogP contribution in [-0.4, -0.2) is 12.5 Å². The van der Waals surface area contributed by atoms with Gasteiger partial charge in [0.1, 0.15) is 5.41 Å². The van der Waals surface area contributed by atoms with Gasteiger partial charge in [0.2, 0.25) is 5.91 Å². The normalized spacial score (nSPS) is 12.0. The summed E-state index contributed by atoms with van der Waals surface area (Å²) in [6.45, 7) is 10.5. The Balaban J connectivity index is 4.50. The summed E-state index contributed by atoms with van der Waals surface area (Å²) in [5.41, 5.74) is -0.788. The van der Waals surface area contributed by atoms with Crippen LogP contribution in [0.2, 0.25) is 0 Å². The van der Waals surface area contributed by atoms with Gasteiger partial charge < -0.3 is 5.32 Å². The summed E-state index contributed by atoms with van der Waals surface area (Å²) in [6.07, 6.45) is 1.13. The molecule has 0 aliphatic carbocycles. The van der Waals surface area contributed by atoms with Gasteiger partial charge >= 0.3 is 0 Å². The summed E-state index contributed by atoms with van der Waals surface area (Å²) in [4.78, 5) is 11.9. The molecule has 0 fully saturated rings. The number of amides is 1. The molecular weight excluding hydrogens is 188 g/mol. The Bertz CT molecular complexity index is 254. The Morgan fingerprint density at radius 3 is 2.00 bits per heavy atom. The SMILES string of the molecule is CCC(C#N)(CC)C(=O)NCC(C)(C)C. The lowest BCUT2D eigenvalue weighted by Gasteiger charge is -2.25. The van der Waals surface area contributed by atoms with E-state index in [9.17, 15) is 4.79 Å². The van der Waals surface area contributed by atoms with Crippen molar-refractivity contribution in [1.29, 1.82) is 5.26 Å². The van der Waals surface area contributed by atoms with E-state index in [1.807, 2.05) is 13.8 Å². The predicted octanol–water partition coefficient (Wildman–Crippen LogP) is 2.48. The van der Waals surface area contributed by atoms with E-state index in [1.54, 1.807) is 0 Å². The molecule has 1 amide bonds. The van der Waals surface area contributed by atoms with Gasteiger partial charge in [0.25, 0.3) is 0 Å². The van der Waals surface area contributed by atoms with Crippen molar-refractivity contribution in [3.05, 3.63) is 0 Å². The molecular formula is C12H22N2O. The van der Waals surface area contributed by atoms with Crippen molar-refractivity contribution >= 4 is 5.91 Å². The molecule has 0 aromatic rings. The molecule has 0 unspecified atom stereocenters. The molecule has 0 saturated carbocycles. The number of rotatable bonds is 4. The third kappa shape index (κ3) is 3.91. The van der Waals surface area contributed by atoms with Crippen molar-refractivity contribution in [2.75, 3.05) is 6.54 Å². The molecule has 1 N–H and O–H groups in total. The van der Waals surface area contributed by atoms with E-state index in [1.165, 1.54) is 0 Å². The molecule has 15 heavy (non-hydrogen) atoms. The Hall–Kier alpha value is -1.04. The molecule has 0 rings (SSSR count). The van der Waals surface area contributed by atoms with Gasteiger partial charge in [-0.15, -0.1) is 0 Å². The fraction of sp³-hybridized carbons (Fsp3) is 0.833. The highest BCUT2D eigenvalue weighted by atomic mass is 16.2. The average Bonchev–Trinajstić information content (AvgIpc) is 2.17. The first kappa shape index (κ1) is 14.0. The van der Waals surface area contributed by atoms with E-state index in [-0.39, 0.29) is 11.3 Å². The first-order chi connectivity index (χ1) is 6.81. The first-order valence-electron chi connectivity index (χ1n) is 5.51. The number of hydrogen-bond donors (Lipinski definition) is 1. The number of hydrogen-bond acceptors (Lipinski definition) is 2. The van der Waals surface area contributed by atoms with E-state index in [4.69, 9.17) is 5.26 Å². The summed E-state index contributed by atoms with van der Waals surface area (Å²) < 4.78 is 0. The highest BCUT2D eigenvalue weighted by Crippen LogP contribution is 2.25. The third-order valence-electron chi connectivity index (χ3n) is 2.64. The highest BCUT2D eigenvalue weighted by Gasteiger charge is 2.35. The number of nitriles is 1. The van der Waals surface area contributed by atoms with Crippen LogP contribution in [0.25, 0.3) is 0 Å². The molecule has 0 radical (unpaired) electrons. The molecule has 0 bridgehead atoms. The van der Waals surface area contributed by atoms with Crippen LogP contribution in [0.4, 0.5) is 0 Å². The summed E-state index contributed by atoms with van der Waals surface area (Å²) in [5.74, 6) is -0.134. The van der Waals surface area contributed by atoms with Crippen molar-refractivity contribution < 1.29 is 4.79 Å². The molecule has 0 heterocycles. The maximum Gasteiger partial charge on any atom is 0.240 e. The van der Waals surface area contributed by atoms with Crippen molar-refractivity contribution in [3.8, 4) is 6.07 Å². The molecule has 0 aromatic heterocycles. The summed E-state index contributed by atoms with van der Waals surface area (Å²) in [5, 5.41) is 11.9. The summed E-state index contributed by atoms with van der Waals surface area (Å²) >= 11 is 0. The molecule has 0 aliphatic heterocycles. The Labute approximate surface area is 92.9 Å². The fourth-order valence-electron chi connectivity index (χ4n) is 1.29. The topological polar surface area (TPSA) is 52.9 Å². The van der Waals surface area contributed by atoms with Gasteiger partial charge in [-0.25, -0.2) is 0 Å². The van der Waals surface area contributed by atoms with Crippen LogP contribution in [0.5, 0.6) is 0 Å². The lowest BCUT2D eigenvalue weighted by molar-refractivity contribution is -0.128. The molecule has 3 heteroatoms. The highest BCUT2D eigenvalue weighted by molar-refractivity contribution is 5.85. The fourth-order valence-corrected chi connectivity index (χ4v) is 1.29. The van der Waals surface area contributed by atoms with Gasteiger partial charge in [0.05, 0.1) is 6.07 Å². The van der Waals surface area contributed by atoms with Gasteiger partial charge in [-0.05, 0) is 18.3 Å². The monoisotopic (exact) mass is 210 g/mol. The zero-order valence-corrected chi connectivity index (χ0v) is 10.5. The molecule has 0 aliphatic rings. The second kappa shape index (κ2) is 5.16. The van der Waals surface area contributed by atoms with Gasteiger partial charge in [0, 0.05) is 6.54 Å². The Morgan fingerprint density at radius 1 is 1.27 bits per heavy atom. The lowest BCUT2D eigenvalue weighted by Crippen LogP contribution is -2.42. The molecule has 0 aromatic carbocycles. The molecule has 0 atom stereocenters. The maximum atomic E-state index is 11.9. The average molecular weight is 210 g/mol. The van der Waals surface area contributed by atoms with Crippen LogP contribution >= 0.6 is 0 Å². The number of carbonyl (C=O) groups excluding carboxylic acids is 1. The van der Waals surface area contributed by atoms with Crippen LogP contribution < -0.4 is 5.32 Å². The largest absolute Gasteiger partial charge is 0.354 e. The molecule has 86 valence electrons. The predicted molar refractivity (Wildman–Crippen MR) is 61.1 cm³/mol. The van der Waals surface area contributed by atoms with Crippen LogP contribution in [-0.2, 0) is 4.79 Å². The van der Waals surface area contributed by atoms with Gasteiger partial charge in [-0.3, -0.25) is 4.79 Å². The zero-order chi connectivity index (χ0) is 12.1. The van der Waals surface area contributed by atoms with Gasteiger partial charge in [-0.1, -0.05) is 34.6 Å². The first-order valence-corrected chi connectivity index (χ1v) is 5.51. The maximum absolute atomic E-state index is 11.9. The quantitative estimate of drug-likeness (QED) is 0.775. The molecule has 0 saturated heterocycles. The standard InChI is InChI=1S/C12H22N2O/c1-6-12(7-2,8-13)10(15)14-9-11(3,4)5/h6-7,9H2,1-5H3,(H,14,15). The number of nitrogens with zero attached hydrogens (tertiary/aromatic N) is 1. The van der Waals surface area contributed by atoms with E-state index in [2.05, 4.69) is 32.2 Å². The van der Waals surface area contributed by atoms with Crippen LogP contribution in [0.15, 0.2) is 0 Å². The van der Waals surface area contributed by atoms with Gasteiger partial charge in [-0.2, -0.15) is 5.26 Å². The van der Waals surface area contributed by atoms with Crippen molar-refractivity contribution in [3.63, 3.8) is 0 Å². The minimum atomic E-state index is -0.842. The Morgan fingerprint density at radius 2 is 1.73 bits per heavy atom. The molecule has 3 nitrogen and oxygen atoms in total.